The first kappa shape index (κ1) is 17.7. The van der Waals surface area contributed by atoms with E-state index in [2.05, 4.69) is 17.1 Å². The van der Waals surface area contributed by atoms with Crippen molar-refractivity contribution < 1.29 is 9.59 Å². The van der Waals surface area contributed by atoms with E-state index in [0.717, 1.165) is 21.6 Å². The molecule has 140 valence electrons. The molecule has 0 aliphatic carbocycles. The number of carbonyl (C=O) groups is 2. The van der Waals surface area contributed by atoms with E-state index < -0.39 is 0 Å². The number of amides is 2. The van der Waals surface area contributed by atoms with Crippen LogP contribution in [0, 0.1) is 0 Å². The van der Waals surface area contributed by atoms with Gasteiger partial charge in [-0.15, -0.1) is 11.3 Å². The molecule has 2 N–H and O–H groups in total. The molecule has 27 heavy (non-hydrogen) atoms. The summed E-state index contributed by atoms with van der Waals surface area (Å²) in [7, 11) is 0. The van der Waals surface area contributed by atoms with Gasteiger partial charge in [0, 0.05) is 37.8 Å². The van der Waals surface area contributed by atoms with Crippen molar-refractivity contribution in [3.8, 4) is 10.6 Å². The molecule has 1 fully saturated rings. The third-order valence-corrected chi connectivity index (χ3v) is 5.72. The molecule has 0 saturated carbocycles. The van der Waals surface area contributed by atoms with Crippen LogP contribution in [0.3, 0.4) is 0 Å². The monoisotopic (exact) mass is 383 g/mol. The van der Waals surface area contributed by atoms with Gasteiger partial charge >= 0.3 is 0 Å². The number of primary amides is 1. The number of hydrogen-bond acceptors (Lipinski definition) is 5. The number of rotatable bonds is 5. The van der Waals surface area contributed by atoms with Crippen molar-refractivity contribution in [3.05, 3.63) is 41.9 Å². The first-order chi connectivity index (χ1) is 13.1. The lowest BCUT2D eigenvalue weighted by molar-refractivity contribution is -0.133. The normalized spacial score (nSPS) is 15.3. The summed E-state index contributed by atoms with van der Waals surface area (Å²) in [5.41, 5.74) is 7.09. The van der Waals surface area contributed by atoms with Crippen molar-refractivity contribution in [1.82, 2.24) is 19.4 Å². The van der Waals surface area contributed by atoms with Gasteiger partial charge in [0.2, 0.25) is 11.8 Å². The summed E-state index contributed by atoms with van der Waals surface area (Å²) < 4.78 is 2.00. The SMILES string of the molecule is NC(=O)CN1CCN(C(=O)Cn2c(-c3cccs3)cc3cccnc32)CC1. The highest BCUT2D eigenvalue weighted by molar-refractivity contribution is 7.13. The van der Waals surface area contributed by atoms with Gasteiger partial charge in [-0.3, -0.25) is 14.5 Å². The Kier molecular flexibility index (Phi) is 4.91. The molecule has 4 rings (SSSR count). The zero-order chi connectivity index (χ0) is 18.8. The Morgan fingerprint density at radius 3 is 2.63 bits per heavy atom. The highest BCUT2D eigenvalue weighted by atomic mass is 32.1. The van der Waals surface area contributed by atoms with E-state index in [0.29, 0.717) is 26.2 Å². The Morgan fingerprint density at radius 1 is 1.11 bits per heavy atom. The Morgan fingerprint density at radius 2 is 1.93 bits per heavy atom. The molecule has 0 aromatic carbocycles. The third kappa shape index (κ3) is 3.72. The van der Waals surface area contributed by atoms with Gasteiger partial charge in [0.1, 0.15) is 12.2 Å². The zero-order valence-corrected chi connectivity index (χ0v) is 15.7. The molecule has 0 atom stereocenters. The molecule has 0 unspecified atom stereocenters. The second-order valence-electron chi connectivity index (χ2n) is 6.63. The largest absolute Gasteiger partial charge is 0.369 e. The maximum absolute atomic E-state index is 12.9. The number of hydrogen-bond donors (Lipinski definition) is 1. The third-order valence-electron chi connectivity index (χ3n) is 4.83. The fourth-order valence-electron chi connectivity index (χ4n) is 3.49. The minimum atomic E-state index is -0.333. The molecule has 3 aromatic rings. The number of piperazine rings is 1. The molecule has 1 aliphatic heterocycles. The molecule has 1 saturated heterocycles. The van der Waals surface area contributed by atoms with E-state index in [9.17, 15) is 9.59 Å². The second-order valence-corrected chi connectivity index (χ2v) is 7.58. The van der Waals surface area contributed by atoms with E-state index in [1.807, 2.05) is 37.9 Å². The lowest BCUT2D eigenvalue weighted by Crippen LogP contribution is -2.51. The maximum Gasteiger partial charge on any atom is 0.242 e. The van der Waals surface area contributed by atoms with Crippen LogP contribution in [-0.4, -0.2) is 63.9 Å². The van der Waals surface area contributed by atoms with E-state index in [-0.39, 0.29) is 24.9 Å². The van der Waals surface area contributed by atoms with E-state index in [1.165, 1.54) is 0 Å². The van der Waals surface area contributed by atoms with Crippen LogP contribution in [0.25, 0.3) is 21.6 Å². The van der Waals surface area contributed by atoms with Crippen molar-refractivity contribution in [3.63, 3.8) is 0 Å². The molecule has 1 aliphatic rings. The number of fused-ring (bicyclic) bond motifs is 1. The zero-order valence-electron chi connectivity index (χ0n) is 14.9. The number of carbonyl (C=O) groups excluding carboxylic acids is 2. The maximum atomic E-state index is 12.9. The molecule has 0 spiro atoms. The number of aromatic nitrogens is 2. The van der Waals surface area contributed by atoms with Crippen LogP contribution in [0.15, 0.2) is 41.9 Å². The van der Waals surface area contributed by atoms with Crippen LogP contribution in [0.1, 0.15) is 0 Å². The lowest BCUT2D eigenvalue weighted by Gasteiger charge is -2.34. The van der Waals surface area contributed by atoms with Gasteiger partial charge < -0.3 is 15.2 Å². The highest BCUT2D eigenvalue weighted by Gasteiger charge is 2.23. The summed E-state index contributed by atoms with van der Waals surface area (Å²) in [5, 5.41) is 3.06. The molecule has 0 bridgehead atoms. The molecular formula is C19H21N5O2S. The number of nitrogens with two attached hydrogens (primary N) is 1. The highest BCUT2D eigenvalue weighted by Crippen LogP contribution is 2.30. The number of thiophene rings is 1. The molecule has 3 aromatic heterocycles. The Bertz CT molecular complexity index is 958. The van der Waals surface area contributed by atoms with Gasteiger partial charge in [0.15, 0.2) is 0 Å². The van der Waals surface area contributed by atoms with Gasteiger partial charge in [-0.2, -0.15) is 0 Å². The van der Waals surface area contributed by atoms with Crippen LogP contribution in [0.5, 0.6) is 0 Å². The van der Waals surface area contributed by atoms with Crippen LogP contribution in [-0.2, 0) is 16.1 Å². The predicted molar refractivity (Wildman–Crippen MR) is 105 cm³/mol. The van der Waals surface area contributed by atoms with Gasteiger partial charge in [0.05, 0.1) is 17.1 Å². The minimum absolute atomic E-state index is 0.0645. The number of pyridine rings is 1. The standard InChI is InChI=1S/C19H21N5O2S/c20-17(25)12-22-6-8-23(9-7-22)18(26)13-24-15(16-4-2-10-27-16)11-14-3-1-5-21-19(14)24/h1-5,10-11H,6-9,12-13H2,(H2,20,25). The summed E-state index contributed by atoms with van der Waals surface area (Å²) in [6.07, 6.45) is 1.75. The topological polar surface area (TPSA) is 84.5 Å². The van der Waals surface area contributed by atoms with E-state index >= 15 is 0 Å². The Labute approximate surface area is 161 Å². The summed E-state index contributed by atoms with van der Waals surface area (Å²) in [4.78, 5) is 33.4. The van der Waals surface area contributed by atoms with Gasteiger partial charge in [-0.1, -0.05) is 6.07 Å². The van der Waals surface area contributed by atoms with Crippen molar-refractivity contribution >= 4 is 34.2 Å². The fraction of sp³-hybridized carbons (Fsp3) is 0.316. The van der Waals surface area contributed by atoms with Crippen molar-refractivity contribution in [2.75, 3.05) is 32.7 Å². The molecule has 2 amide bonds. The molecule has 0 radical (unpaired) electrons. The molecule has 4 heterocycles. The summed E-state index contributed by atoms with van der Waals surface area (Å²) in [6, 6.07) is 10.1. The average molecular weight is 383 g/mol. The summed E-state index contributed by atoms with van der Waals surface area (Å²) in [5.74, 6) is -0.269. The smallest absolute Gasteiger partial charge is 0.242 e. The van der Waals surface area contributed by atoms with Crippen molar-refractivity contribution in [2.24, 2.45) is 5.73 Å². The lowest BCUT2D eigenvalue weighted by atomic mass is 10.3. The van der Waals surface area contributed by atoms with Crippen LogP contribution >= 0.6 is 11.3 Å². The van der Waals surface area contributed by atoms with E-state index in [1.54, 1.807) is 17.5 Å². The molecule has 7 nitrogen and oxygen atoms in total. The predicted octanol–water partition coefficient (Wildman–Crippen LogP) is 1.39. The quantitative estimate of drug-likeness (QED) is 0.722. The van der Waals surface area contributed by atoms with Gasteiger partial charge in [-0.05, 0) is 29.6 Å². The van der Waals surface area contributed by atoms with Crippen LogP contribution in [0.2, 0.25) is 0 Å². The van der Waals surface area contributed by atoms with Crippen molar-refractivity contribution in [1.29, 1.82) is 0 Å². The van der Waals surface area contributed by atoms with E-state index in [4.69, 9.17) is 5.73 Å². The number of nitrogens with zero attached hydrogens (tertiary/aromatic N) is 4. The molecule has 8 heteroatoms. The summed E-state index contributed by atoms with van der Waals surface area (Å²) >= 11 is 1.65. The van der Waals surface area contributed by atoms with Crippen LogP contribution in [0.4, 0.5) is 0 Å². The average Bonchev–Trinajstić information content (AvgIpc) is 3.30. The second kappa shape index (κ2) is 7.50. The summed E-state index contributed by atoms with van der Waals surface area (Å²) in [6.45, 7) is 3.04. The first-order valence-corrected chi connectivity index (χ1v) is 9.76. The molecular weight excluding hydrogens is 362 g/mol. The first-order valence-electron chi connectivity index (χ1n) is 8.88. The van der Waals surface area contributed by atoms with Gasteiger partial charge in [-0.25, -0.2) is 4.98 Å². The Balaban J connectivity index is 1.54. The van der Waals surface area contributed by atoms with Crippen LogP contribution < -0.4 is 5.73 Å². The fourth-order valence-corrected chi connectivity index (χ4v) is 4.24. The minimum Gasteiger partial charge on any atom is -0.369 e. The van der Waals surface area contributed by atoms with Gasteiger partial charge in [0.25, 0.3) is 0 Å². The van der Waals surface area contributed by atoms with Crippen molar-refractivity contribution in [2.45, 2.75) is 6.54 Å². The Hall–Kier alpha value is -2.71.